The van der Waals surface area contributed by atoms with Crippen molar-refractivity contribution in [2.45, 2.75) is 25.2 Å². The predicted octanol–water partition coefficient (Wildman–Crippen LogP) is 1.53. The fourth-order valence-electron chi connectivity index (χ4n) is 3.18. The number of hydroxylamine groups is 1. The quantitative estimate of drug-likeness (QED) is 0.533. The van der Waals surface area contributed by atoms with E-state index in [1.165, 1.54) is 38.4 Å². The first kappa shape index (κ1) is 21.3. The Labute approximate surface area is 160 Å². The van der Waals surface area contributed by atoms with E-state index >= 15 is 0 Å². The molecule has 0 aliphatic carbocycles. The molecule has 2 atom stereocenters. The van der Waals surface area contributed by atoms with Crippen molar-refractivity contribution >= 4 is 21.9 Å². The van der Waals surface area contributed by atoms with Crippen LogP contribution in [0.15, 0.2) is 29.2 Å². The van der Waals surface area contributed by atoms with Crippen LogP contribution in [0.3, 0.4) is 0 Å². The molecule has 1 aromatic carbocycles. The molecule has 0 aromatic heterocycles. The van der Waals surface area contributed by atoms with Gasteiger partial charge in [-0.1, -0.05) is 18.3 Å². The normalized spacial score (nSPS) is 20.6. The number of sulfonamides is 1. The zero-order chi connectivity index (χ0) is 20.2. The number of benzene rings is 1. The van der Waals surface area contributed by atoms with Crippen molar-refractivity contribution in [3.63, 3.8) is 0 Å². The van der Waals surface area contributed by atoms with Gasteiger partial charge in [-0.3, -0.25) is 9.63 Å². The largest absolute Gasteiger partial charge is 0.452 e. The van der Waals surface area contributed by atoms with Gasteiger partial charge in [-0.15, -0.1) is 0 Å². The number of hydrogen-bond donors (Lipinski definition) is 0. The highest BCUT2D eigenvalue weighted by molar-refractivity contribution is 7.89. The summed E-state index contributed by atoms with van der Waals surface area (Å²) in [5, 5.41) is 0. The minimum atomic E-state index is -3.78. The van der Waals surface area contributed by atoms with Crippen LogP contribution in [0.25, 0.3) is 0 Å². The minimum Gasteiger partial charge on any atom is -0.452 e. The molecule has 8 nitrogen and oxygen atoms in total. The van der Waals surface area contributed by atoms with Crippen LogP contribution in [0.2, 0.25) is 0 Å². The number of amides is 1. The molecular formula is C18H26N2O6S. The van der Waals surface area contributed by atoms with Crippen molar-refractivity contribution in [2.24, 2.45) is 11.8 Å². The molecule has 150 valence electrons. The standard InChI is InChI=1S/C18H26N2O6S/c1-13-9-14(2)11-20(10-13)17(21)12-26-18(22)15-5-7-16(8-6-15)27(23,24)19(3)25-4/h5-8,13-14H,9-12H2,1-4H3/t13-,14+. The summed E-state index contributed by atoms with van der Waals surface area (Å²) in [5.74, 6) is -0.0468. The maximum Gasteiger partial charge on any atom is 0.338 e. The lowest BCUT2D eigenvalue weighted by molar-refractivity contribution is -0.137. The molecule has 2 rings (SSSR count). The van der Waals surface area contributed by atoms with Crippen LogP contribution in [0.1, 0.15) is 30.6 Å². The molecule has 0 radical (unpaired) electrons. The summed E-state index contributed by atoms with van der Waals surface area (Å²) in [7, 11) is -1.27. The van der Waals surface area contributed by atoms with E-state index in [2.05, 4.69) is 13.8 Å². The second-order valence-electron chi connectivity index (χ2n) is 6.94. The number of ether oxygens (including phenoxy) is 1. The lowest BCUT2D eigenvalue weighted by Crippen LogP contribution is -2.44. The predicted molar refractivity (Wildman–Crippen MR) is 98.2 cm³/mol. The SMILES string of the molecule is CON(C)S(=O)(=O)c1ccc(C(=O)OCC(=O)N2C[C@H](C)C[C@H](C)C2)cc1. The summed E-state index contributed by atoms with van der Waals surface area (Å²) in [5.41, 5.74) is 0.169. The van der Waals surface area contributed by atoms with Crippen molar-refractivity contribution in [1.29, 1.82) is 0 Å². The van der Waals surface area contributed by atoms with Gasteiger partial charge in [-0.05, 0) is 42.5 Å². The Bertz CT molecular complexity index is 768. The molecule has 0 N–H and O–H groups in total. The summed E-state index contributed by atoms with van der Waals surface area (Å²) in [6, 6.07) is 5.26. The van der Waals surface area contributed by atoms with Gasteiger partial charge >= 0.3 is 5.97 Å². The number of hydrogen-bond acceptors (Lipinski definition) is 6. The smallest absolute Gasteiger partial charge is 0.338 e. The molecule has 1 saturated heterocycles. The number of esters is 1. The summed E-state index contributed by atoms with van der Waals surface area (Å²) >= 11 is 0. The van der Waals surface area contributed by atoms with E-state index in [4.69, 9.17) is 9.57 Å². The van der Waals surface area contributed by atoms with Crippen LogP contribution in [0.5, 0.6) is 0 Å². The Balaban J connectivity index is 1.95. The van der Waals surface area contributed by atoms with E-state index in [-0.39, 0.29) is 23.0 Å². The van der Waals surface area contributed by atoms with Crippen molar-refractivity contribution in [1.82, 2.24) is 9.37 Å². The van der Waals surface area contributed by atoms with Gasteiger partial charge in [0.2, 0.25) is 0 Å². The number of piperidine rings is 1. The van der Waals surface area contributed by atoms with E-state index in [9.17, 15) is 18.0 Å². The first-order valence-electron chi connectivity index (χ1n) is 8.73. The van der Waals surface area contributed by atoms with Crippen molar-refractivity contribution in [2.75, 3.05) is 33.9 Å². The fraction of sp³-hybridized carbons (Fsp3) is 0.556. The topological polar surface area (TPSA) is 93.2 Å². The molecule has 27 heavy (non-hydrogen) atoms. The Morgan fingerprint density at radius 1 is 1.15 bits per heavy atom. The maximum atomic E-state index is 12.3. The summed E-state index contributed by atoms with van der Waals surface area (Å²) in [4.78, 5) is 30.8. The van der Waals surface area contributed by atoms with E-state index in [1.54, 1.807) is 4.90 Å². The van der Waals surface area contributed by atoms with E-state index in [1.807, 2.05) is 0 Å². The highest BCUT2D eigenvalue weighted by atomic mass is 32.2. The van der Waals surface area contributed by atoms with Gasteiger partial charge in [0.25, 0.3) is 15.9 Å². The van der Waals surface area contributed by atoms with E-state index in [0.29, 0.717) is 24.9 Å². The van der Waals surface area contributed by atoms with Gasteiger partial charge in [0.05, 0.1) is 17.6 Å². The van der Waals surface area contributed by atoms with Crippen LogP contribution in [-0.4, -0.2) is 63.5 Å². The van der Waals surface area contributed by atoms with Crippen LogP contribution in [-0.2, 0) is 24.4 Å². The lowest BCUT2D eigenvalue weighted by atomic mass is 9.92. The molecule has 9 heteroatoms. The molecule has 0 spiro atoms. The summed E-state index contributed by atoms with van der Waals surface area (Å²) in [6.07, 6.45) is 1.08. The molecule has 1 aromatic rings. The number of rotatable bonds is 6. The zero-order valence-electron chi connectivity index (χ0n) is 16.0. The first-order valence-corrected chi connectivity index (χ1v) is 10.2. The average molecular weight is 398 g/mol. The number of nitrogens with zero attached hydrogens (tertiary/aromatic N) is 2. The van der Waals surface area contributed by atoms with Crippen molar-refractivity contribution < 1.29 is 27.6 Å². The van der Waals surface area contributed by atoms with Gasteiger partial charge in [0, 0.05) is 20.1 Å². The Hall–Kier alpha value is -1.97. The molecule has 1 amide bonds. The van der Waals surface area contributed by atoms with Gasteiger partial charge in [0.15, 0.2) is 6.61 Å². The highest BCUT2D eigenvalue weighted by Gasteiger charge is 2.26. The molecule has 1 aliphatic heterocycles. The fourth-order valence-corrected chi connectivity index (χ4v) is 4.15. The molecule has 1 fully saturated rings. The second-order valence-corrected chi connectivity index (χ2v) is 8.88. The Morgan fingerprint density at radius 2 is 1.70 bits per heavy atom. The third-order valence-electron chi connectivity index (χ3n) is 4.53. The summed E-state index contributed by atoms with van der Waals surface area (Å²) < 4.78 is 30.1. The van der Waals surface area contributed by atoms with E-state index < -0.39 is 16.0 Å². The highest BCUT2D eigenvalue weighted by Crippen LogP contribution is 2.21. The Morgan fingerprint density at radius 3 is 2.22 bits per heavy atom. The van der Waals surface area contributed by atoms with Gasteiger partial charge in [-0.25, -0.2) is 13.2 Å². The molecule has 0 bridgehead atoms. The first-order chi connectivity index (χ1) is 12.6. The van der Waals surface area contributed by atoms with Crippen LogP contribution in [0.4, 0.5) is 0 Å². The summed E-state index contributed by atoms with van der Waals surface area (Å²) in [6.45, 7) is 5.20. The number of carbonyl (C=O) groups excluding carboxylic acids is 2. The molecule has 1 aliphatic rings. The minimum absolute atomic E-state index is 0.0178. The second kappa shape index (κ2) is 8.81. The van der Waals surface area contributed by atoms with Crippen LogP contribution >= 0.6 is 0 Å². The van der Waals surface area contributed by atoms with Crippen LogP contribution < -0.4 is 0 Å². The zero-order valence-corrected chi connectivity index (χ0v) is 16.9. The van der Waals surface area contributed by atoms with E-state index in [0.717, 1.165) is 10.9 Å². The third kappa shape index (κ3) is 5.27. The average Bonchev–Trinajstić information content (AvgIpc) is 2.64. The van der Waals surface area contributed by atoms with Gasteiger partial charge < -0.3 is 9.64 Å². The van der Waals surface area contributed by atoms with Gasteiger partial charge in [-0.2, -0.15) is 0 Å². The number of likely N-dealkylation sites (tertiary alicyclic amines) is 1. The molecular weight excluding hydrogens is 372 g/mol. The lowest BCUT2D eigenvalue weighted by Gasteiger charge is -2.34. The third-order valence-corrected chi connectivity index (χ3v) is 6.23. The maximum absolute atomic E-state index is 12.3. The Kier molecular flexibility index (Phi) is 6.96. The van der Waals surface area contributed by atoms with Gasteiger partial charge in [0.1, 0.15) is 0 Å². The molecule has 1 heterocycles. The van der Waals surface area contributed by atoms with Crippen molar-refractivity contribution in [3.05, 3.63) is 29.8 Å². The molecule has 0 saturated carbocycles. The van der Waals surface area contributed by atoms with Crippen molar-refractivity contribution in [3.8, 4) is 0 Å². The van der Waals surface area contributed by atoms with Crippen LogP contribution in [0, 0.1) is 11.8 Å². The number of carbonyl (C=O) groups is 2. The molecule has 0 unspecified atom stereocenters. The monoisotopic (exact) mass is 398 g/mol.